The van der Waals surface area contributed by atoms with Crippen molar-refractivity contribution in [3.63, 3.8) is 0 Å². The van der Waals surface area contributed by atoms with Crippen LogP contribution in [0.2, 0.25) is 0 Å². The predicted molar refractivity (Wildman–Crippen MR) is 57.2 cm³/mol. The third-order valence-corrected chi connectivity index (χ3v) is 3.07. The molecule has 1 aliphatic rings. The lowest BCUT2D eigenvalue weighted by molar-refractivity contribution is -0.814. The van der Waals surface area contributed by atoms with Gasteiger partial charge in [-0.2, -0.15) is 5.16 Å². The summed E-state index contributed by atoms with van der Waals surface area (Å²) in [6, 6.07) is 0. The van der Waals surface area contributed by atoms with Gasteiger partial charge in [-0.15, -0.1) is 0 Å². The normalized spacial score (nSPS) is 18.2. The van der Waals surface area contributed by atoms with Crippen LogP contribution in [0.4, 0.5) is 5.82 Å². The molecule has 2 N–H and O–H groups in total. The standard InChI is InChI=1S/C8H11N5O5/c14-7-6(10-18-11-7)9-12(15)8(13(16)17)4-2-1-3-5-8/h1-5H2,(H-,9,10,11,14,15)/p+1. The maximum atomic E-state index is 11.9. The largest absolute Gasteiger partial charge is 0.478 e. The van der Waals surface area contributed by atoms with Crippen LogP contribution < -0.4 is 11.0 Å². The van der Waals surface area contributed by atoms with Crippen LogP contribution in [0.15, 0.2) is 9.42 Å². The zero-order valence-electron chi connectivity index (χ0n) is 9.42. The van der Waals surface area contributed by atoms with E-state index in [0.717, 1.165) is 6.42 Å². The first-order chi connectivity index (χ1) is 8.56. The van der Waals surface area contributed by atoms with Gasteiger partial charge in [-0.1, -0.05) is 11.8 Å². The molecule has 0 unspecified atom stereocenters. The van der Waals surface area contributed by atoms with Crippen molar-refractivity contribution in [1.29, 1.82) is 0 Å². The van der Waals surface area contributed by atoms with E-state index in [0.29, 0.717) is 12.8 Å². The van der Waals surface area contributed by atoms with Gasteiger partial charge in [0.25, 0.3) is 5.82 Å². The van der Waals surface area contributed by atoms with Crippen LogP contribution in [-0.2, 0) is 0 Å². The molecule has 10 nitrogen and oxygen atoms in total. The molecule has 0 spiro atoms. The number of nitrogens with one attached hydrogen (secondary N) is 2. The SMILES string of the molecule is O=c1[nH]onc1N[N+](=O)C1([N+](=O)[O-])CCCCC1. The number of nitrogens with zero attached hydrogens (tertiary/aromatic N) is 3. The first-order valence-electron chi connectivity index (χ1n) is 5.49. The zero-order chi connectivity index (χ0) is 13.2. The Bertz CT molecular complexity index is 514. The second kappa shape index (κ2) is 4.55. The number of rotatable bonds is 4. The molecular formula is C8H12N5O5+. The van der Waals surface area contributed by atoms with Crippen molar-refractivity contribution < 1.29 is 14.4 Å². The molecule has 0 aromatic carbocycles. The van der Waals surface area contributed by atoms with Crippen LogP contribution in [0.3, 0.4) is 0 Å². The van der Waals surface area contributed by atoms with Crippen molar-refractivity contribution in [2.45, 2.75) is 37.8 Å². The highest BCUT2D eigenvalue weighted by Crippen LogP contribution is 2.31. The highest BCUT2D eigenvalue weighted by atomic mass is 16.6. The average molecular weight is 258 g/mol. The quantitative estimate of drug-likeness (QED) is 0.345. The lowest BCUT2D eigenvalue weighted by Gasteiger charge is -2.19. The van der Waals surface area contributed by atoms with E-state index >= 15 is 0 Å². The third kappa shape index (κ3) is 1.96. The zero-order valence-corrected chi connectivity index (χ0v) is 9.42. The molecule has 0 bridgehead atoms. The minimum absolute atomic E-state index is 0.0965. The maximum Gasteiger partial charge on any atom is 0.478 e. The van der Waals surface area contributed by atoms with Crippen molar-refractivity contribution in [2.75, 3.05) is 5.43 Å². The summed E-state index contributed by atoms with van der Waals surface area (Å²) in [6.45, 7) is 0. The molecule has 1 aliphatic carbocycles. The lowest BCUT2D eigenvalue weighted by atomic mass is 9.90. The van der Waals surface area contributed by atoms with Crippen molar-refractivity contribution in [1.82, 2.24) is 10.3 Å². The Kier molecular flexibility index (Phi) is 3.08. The fraction of sp³-hybridized carbons (Fsp3) is 0.750. The summed E-state index contributed by atoms with van der Waals surface area (Å²) in [5.74, 6) is -0.392. The molecule has 2 rings (SSSR count). The molecule has 0 aliphatic heterocycles. The first-order valence-corrected chi connectivity index (χ1v) is 5.49. The van der Waals surface area contributed by atoms with Crippen LogP contribution in [0.1, 0.15) is 32.1 Å². The van der Waals surface area contributed by atoms with Crippen LogP contribution in [0, 0.1) is 15.0 Å². The van der Waals surface area contributed by atoms with Crippen LogP contribution in [0.5, 0.6) is 0 Å². The fourth-order valence-corrected chi connectivity index (χ4v) is 2.05. The molecule has 0 radical (unpaired) electrons. The van der Waals surface area contributed by atoms with Crippen LogP contribution in [-0.4, -0.2) is 25.8 Å². The van der Waals surface area contributed by atoms with Crippen molar-refractivity contribution in [3.05, 3.63) is 25.4 Å². The number of hydrazine groups is 1. The maximum absolute atomic E-state index is 11.9. The average Bonchev–Trinajstić information content (AvgIpc) is 2.75. The van der Waals surface area contributed by atoms with Crippen LogP contribution in [0.25, 0.3) is 0 Å². The van der Waals surface area contributed by atoms with E-state index in [-0.39, 0.29) is 17.7 Å². The van der Waals surface area contributed by atoms with Gasteiger partial charge in [0.2, 0.25) is 0 Å². The number of H-pyrrole nitrogens is 1. The number of hydrogen-bond acceptors (Lipinski definition) is 6. The van der Waals surface area contributed by atoms with Gasteiger partial charge in [0.15, 0.2) is 4.87 Å². The molecule has 1 aromatic rings. The van der Waals surface area contributed by atoms with E-state index in [9.17, 15) is 19.8 Å². The van der Waals surface area contributed by atoms with Crippen molar-refractivity contribution >= 4 is 5.82 Å². The van der Waals surface area contributed by atoms with Gasteiger partial charge in [-0.25, -0.2) is 0 Å². The van der Waals surface area contributed by atoms with E-state index in [1.165, 1.54) is 0 Å². The van der Waals surface area contributed by atoms with Crippen LogP contribution >= 0.6 is 0 Å². The number of aromatic amines is 1. The Labute approximate surface area is 100.0 Å². The van der Waals surface area contributed by atoms with E-state index in [2.05, 4.69) is 15.2 Å². The molecule has 0 atom stereocenters. The summed E-state index contributed by atoms with van der Waals surface area (Å²) >= 11 is 0. The molecule has 18 heavy (non-hydrogen) atoms. The summed E-state index contributed by atoms with van der Waals surface area (Å²) < 4.78 is 4.24. The topological polar surface area (TPSA) is 134 Å². The Morgan fingerprint density at radius 1 is 1.33 bits per heavy atom. The Morgan fingerprint density at radius 3 is 2.50 bits per heavy atom. The molecule has 98 valence electrons. The smallest absolute Gasteiger partial charge is 0.265 e. The summed E-state index contributed by atoms with van der Waals surface area (Å²) in [6.07, 6.45) is 2.31. The van der Waals surface area contributed by atoms with E-state index in [1.807, 2.05) is 5.16 Å². The first kappa shape index (κ1) is 12.2. The molecule has 1 heterocycles. The molecule has 10 heteroatoms. The van der Waals surface area contributed by atoms with E-state index < -0.39 is 22.0 Å². The lowest BCUT2D eigenvalue weighted by Crippen LogP contribution is -2.52. The summed E-state index contributed by atoms with van der Waals surface area (Å²) in [5.41, 5.74) is -0.422. The van der Waals surface area contributed by atoms with Gasteiger partial charge in [0, 0.05) is 0 Å². The van der Waals surface area contributed by atoms with Crippen molar-refractivity contribution in [3.8, 4) is 0 Å². The van der Waals surface area contributed by atoms with Gasteiger partial charge in [0.05, 0.1) is 17.7 Å². The number of nitro groups is 1. The Hall–Kier alpha value is -2.26. The third-order valence-electron chi connectivity index (χ3n) is 3.07. The Morgan fingerprint density at radius 2 is 2.00 bits per heavy atom. The van der Waals surface area contributed by atoms with E-state index in [1.54, 1.807) is 0 Å². The van der Waals surface area contributed by atoms with Gasteiger partial charge in [-0.3, -0.25) is 19.5 Å². The monoisotopic (exact) mass is 258 g/mol. The summed E-state index contributed by atoms with van der Waals surface area (Å²) in [7, 11) is 0. The van der Waals surface area contributed by atoms with Gasteiger partial charge < -0.3 is 0 Å². The van der Waals surface area contributed by atoms with Gasteiger partial charge >= 0.3 is 11.2 Å². The predicted octanol–water partition coefficient (Wildman–Crippen LogP) is 0.406. The number of anilines is 1. The molecule has 1 fully saturated rings. The minimum Gasteiger partial charge on any atom is -0.265 e. The molecule has 1 aromatic heterocycles. The highest BCUT2D eigenvalue weighted by Gasteiger charge is 2.60. The molecule has 1 saturated carbocycles. The molecule has 0 saturated heterocycles. The van der Waals surface area contributed by atoms with Gasteiger partial charge in [0.1, 0.15) is 4.92 Å². The molecular weight excluding hydrogens is 246 g/mol. The Balaban J connectivity index is 2.21. The minimum atomic E-state index is -1.75. The van der Waals surface area contributed by atoms with Gasteiger partial charge in [-0.05, 0) is 18.0 Å². The highest BCUT2D eigenvalue weighted by molar-refractivity contribution is 5.23. The number of nitroso groups, excluding NO2 is 1. The summed E-state index contributed by atoms with van der Waals surface area (Å²) in [4.78, 5) is 33.6. The summed E-state index contributed by atoms with van der Waals surface area (Å²) in [5, 5.41) is 16.2. The number of hydrogen-bond donors (Lipinski definition) is 2. The second-order valence-electron chi connectivity index (χ2n) is 4.17. The van der Waals surface area contributed by atoms with Crippen molar-refractivity contribution in [2.24, 2.45) is 0 Å². The molecule has 0 amide bonds. The second-order valence-corrected chi connectivity index (χ2v) is 4.17. The fourth-order valence-electron chi connectivity index (χ4n) is 2.05. The number of aromatic nitrogens is 2. The van der Waals surface area contributed by atoms with E-state index in [4.69, 9.17) is 0 Å².